The van der Waals surface area contributed by atoms with Gasteiger partial charge in [-0.15, -0.1) is 0 Å². The molecular formula is C24H26N2O2S. The second-order valence-electron chi connectivity index (χ2n) is 6.94. The molecule has 3 rings (SSSR count). The molecule has 0 bridgehead atoms. The highest BCUT2D eigenvalue weighted by molar-refractivity contribution is 7.91. The average molecular weight is 407 g/mol. The summed E-state index contributed by atoms with van der Waals surface area (Å²) in [6, 6.07) is 4.99. The highest BCUT2D eigenvalue weighted by atomic mass is 32.2. The van der Waals surface area contributed by atoms with Gasteiger partial charge in [-0.2, -0.15) is 0 Å². The number of hydrogen-bond acceptors (Lipinski definition) is 4. The summed E-state index contributed by atoms with van der Waals surface area (Å²) in [6.45, 7) is 9.65. The highest BCUT2D eigenvalue weighted by Gasteiger charge is 2.18. The van der Waals surface area contributed by atoms with Gasteiger partial charge in [0.05, 0.1) is 33.1 Å². The van der Waals surface area contributed by atoms with E-state index in [9.17, 15) is 8.42 Å². The van der Waals surface area contributed by atoms with Crippen molar-refractivity contribution in [3.8, 4) is 0 Å². The molecule has 2 aromatic rings. The van der Waals surface area contributed by atoms with Crippen LogP contribution < -0.4 is 0 Å². The van der Waals surface area contributed by atoms with Gasteiger partial charge in [-0.05, 0) is 43.0 Å². The lowest BCUT2D eigenvalue weighted by atomic mass is 9.99. The molecule has 0 saturated carbocycles. The fraction of sp³-hybridized carbons (Fsp3) is 0.250. The lowest BCUT2D eigenvalue weighted by Crippen LogP contribution is -2.07. The van der Waals surface area contributed by atoms with Crippen LogP contribution in [0.25, 0.3) is 22.2 Å². The maximum absolute atomic E-state index is 12.6. The van der Waals surface area contributed by atoms with E-state index in [2.05, 4.69) is 25.3 Å². The Morgan fingerprint density at radius 3 is 2.66 bits per heavy atom. The minimum absolute atomic E-state index is 0.143. The lowest BCUT2D eigenvalue weighted by molar-refractivity contribution is 0.593. The maximum atomic E-state index is 12.6. The quantitative estimate of drug-likeness (QED) is 0.528. The van der Waals surface area contributed by atoms with E-state index in [0.717, 1.165) is 36.1 Å². The fourth-order valence-electron chi connectivity index (χ4n) is 3.24. The normalized spacial score (nSPS) is 14.7. The second kappa shape index (κ2) is 9.14. The van der Waals surface area contributed by atoms with Crippen LogP contribution in [0.3, 0.4) is 0 Å². The van der Waals surface area contributed by atoms with Gasteiger partial charge < -0.3 is 0 Å². The van der Waals surface area contributed by atoms with Crippen LogP contribution in [0.2, 0.25) is 0 Å². The van der Waals surface area contributed by atoms with Crippen molar-refractivity contribution in [2.24, 2.45) is 0 Å². The van der Waals surface area contributed by atoms with E-state index in [-0.39, 0.29) is 5.75 Å². The van der Waals surface area contributed by atoms with Gasteiger partial charge in [-0.3, -0.25) is 0 Å². The number of nitrogens with zero attached hydrogens (tertiary/aromatic N) is 2. The second-order valence-corrected chi connectivity index (χ2v) is 9.05. The van der Waals surface area contributed by atoms with E-state index in [0.29, 0.717) is 28.0 Å². The number of unbranched alkanes of at least 4 members (excludes halogenated alkanes) is 1. The van der Waals surface area contributed by atoms with E-state index in [4.69, 9.17) is 9.97 Å². The van der Waals surface area contributed by atoms with Crippen molar-refractivity contribution in [3.63, 3.8) is 0 Å². The summed E-state index contributed by atoms with van der Waals surface area (Å²) < 4.78 is 25.2. The van der Waals surface area contributed by atoms with Gasteiger partial charge in [0.15, 0.2) is 9.84 Å². The third kappa shape index (κ3) is 4.62. The van der Waals surface area contributed by atoms with Crippen molar-refractivity contribution >= 4 is 32.0 Å². The van der Waals surface area contributed by atoms with Crippen molar-refractivity contribution < 1.29 is 8.42 Å². The number of aromatic nitrogens is 2. The zero-order valence-electron chi connectivity index (χ0n) is 16.8. The minimum Gasteiger partial charge on any atom is -0.244 e. The Balaban J connectivity index is 2.21. The third-order valence-corrected chi connectivity index (χ3v) is 6.62. The topological polar surface area (TPSA) is 59.9 Å². The van der Waals surface area contributed by atoms with Gasteiger partial charge >= 0.3 is 0 Å². The molecule has 0 fully saturated rings. The molecule has 0 radical (unpaired) electrons. The number of benzene rings is 1. The van der Waals surface area contributed by atoms with Crippen LogP contribution in [0.15, 0.2) is 72.7 Å². The standard InChI is InChI=1S/C24H26N2O2S/c1-4-7-16-29(27,28)20-14-15-21-22(17-20)26-24(19-12-9-8-10-13-19)23(25-21)18(6-3)11-5-2/h5-6,9,11-15,17H,2-4,7-8,10,16H2,1H3/b18-11+. The first-order valence-corrected chi connectivity index (χ1v) is 11.5. The molecular weight excluding hydrogens is 380 g/mol. The molecule has 5 heteroatoms. The Hall–Kier alpha value is -2.79. The number of sulfone groups is 1. The molecule has 150 valence electrons. The molecule has 0 aliphatic heterocycles. The summed E-state index contributed by atoms with van der Waals surface area (Å²) in [6.07, 6.45) is 15.0. The first-order valence-electron chi connectivity index (χ1n) is 9.87. The molecule has 0 N–H and O–H groups in total. The molecule has 29 heavy (non-hydrogen) atoms. The van der Waals surface area contributed by atoms with Crippen molar-refractivity contribution in [2.75, 3.05) is 5.75 Å². The Morgan fingerprint density at radius 1 is 1.17 bits per heavy atom. The largest absolute Gasteiger partial charge is 0.244 e. The zero-order valence-corrected chi connectivity index (χ0v) is 17.6. The van der Waals surface area contributed by atoms with Crippen molar-refractivity contribution in [1.82, 2.24) is 9.97 Å². The zero-order chi connectivity index (χ0) is 20.9. The predicted molar refractivity (Wildman–Crippen MR) is 121 cm³/mol. The number of rotatable bonds is 8. The van der Waals surface area contributed by atoms with Gasteiger partial charge in [0.2, 0.25) is 0 Å². The molecule has 1 aromatic carbocycles. The molecule has 0 unspecified atom stereocenters. The Kier molecular flexibility index (Phi) is 6.60. The molecule has 1 aromatic heterocycles. The lowest BCUT2D eigenvalue weighted by Gasteiger charge is -2.14. The van der Waals surface area contributed by atoms with E-state index in [1.165, 1.54) is 0 Å². The van der Waals surface area contributed by atoms with Crippen molar-refractivity contribution in [1.29, 1.82) is 0 Å². The first-order chi connectivity index (χ1) is 14.0. The molecule has 1 aliphatic rings. The Bertz CT molecular complexity index is 1140. The van der Waals surface area contributed by atoms with Crippen molar-refractivity contribution in [2.45, 2.75) is 37.5 Å². The molecule has 1 aliphatic carbocycles. The predicted octanol–water partition coefficient (Wildman–Crippen LogP) is 5.69. The van der Waals surface area contributed by atoms with E-state index < -0.39 is 9.84 Å². The van der Waals surface area contributed by atoms with Crippen LogP contribution in [-0.2, 0) is 9.84 Å². The van der Waals surface area contributed by atoms with Crippen LogP contribution in [-0.4, -0.2) is 24.1 Å². The van der Waals surface area contributed by atoms with E-state index >= 15 is 0 Å². The van der Waals surface area contributed by atoms with Crippen LogP contribution in [0.5, 0.6) is 0 Å². The third-order valence-electron chi connectivity index (χ3n) is 4.82. The highest BCUT2D eigenvalue weighted by Crippen LogP contribution is 2.29. The fourth-order valence-corrected chi connectivity index (χ4v) is 4.71. The summed E-state index contributed by atoms with van der Waals surface area (Å²) >= 11 is 0. The summed E-state index contributed by atoms with van der Waals surface area (Å²) in [4.78, 5) is 9.94. The van der Waals surface area contributed by atoms with E-state index in [1.54, 1.807) is 30.4 Å². The van der Waals surface area contributed by atoms with Crippen molar-refractivity contribution in [3.05, 3.63) is 79.2 Å². The molecule has 0 saturated heterocycles. The summed E-state index contributed by atoms with van der Waals surface area (Å²) in [7, 11) is -3.33. The maximum Gasteiger partial charge on any atom is 0.178 e. The van der Waals surface area contributed by atoms with Crippen LogP contribution >= 0.6 is 0 Å². The Labute approximate surface area is 173 Å². The van der Waals surface area contributed by atoms with Gasteiger partial charge in [0.1, 0.15) is 0 Å². The first kappa shape index (κ1) is 20.9. The Morgan fingerprint density at radius 2 is 2.00 bits per heavy atom. The van der Waals surface area contributed by atoms with Gasteiger partial charge in [-0.1, -0.05) is 63.0 Å². The van der Waals surface area contributed by atoms with Crippen LogP contribution in [0.1, 0.15) is 44.0 Å². The molecule has 4 nitrogen and oxygen atoms in total. The summed E-state index contributed by atoms with van der Waals surface area (Å²) in [5.74, 6) is 0.143. The number of fused-ring (bicyclic) bond motifs is 1. The molecule has 0 spiro atoms. The monoisotopic (exact) mass is 406 g/mol. The summed E-state index contributed by atoms with van der Waals surface area (Å²) in [5.41, 5.74) is 4.47. The molecule has 0 atom stereocenters. The van der Waals surface area contributed by atoms with Crippen LogP contribution in [0, 0.1) is 0 Å². The summed E-state index contributed by atoms with van der Waals surface area (Å²) in [5, 5.41) is 0. The van der Waals surface area contributed by atoms with Crippen LogP contribution in [0.4, 0.5) is 0 Å². The van der Waals surface area contributed by atoms with E-state index in [1.807, 2.05) is 19.1 Å². The number of allylic oxidation sites excluding steroid dienone is 8. The average Bonchev–Trinajstić information content (AvgIpc) is 2.75. The SMILES string of the molecule is C=C/C=C(\C=C)c1nc2ccc(S(=O)(=O)CCCC)cc2nc1C1=CCCC=C1. The number of hydrogen-bond donors (Lipinski definition) is 0. The smallest absolute Gasteiger partial charge is 0.178 e. The molecule has 1 heterocycles. The minimum atomic E-state index is -3.33. The van der Waals surface area contributed by atoms with Gasteiger partial charge in [0.25, 0.3) is 0 Å². The molecule has 0 amide bonds. The van der Waals surface area contributed by atoms with Gasteiger partial charge in [0, 0.05) is 5.57 Å². The van der Waals surface area contributed by atoms with Gasteiger partial charge in [-0.25, -0.2) is 18.4 Å².